The van der Waals surface area contributed by atoms with Gasteiger partial charge in [-0.25, -0.2) is 4.79 Å². The summed E-state index contributed by atoms with van der Waals surface area (Å²) in [5, 5.41) is 14.6. The Hall–Kier alpha value is -2.81. The lowest BCUT2D eigenvalue weighted by Crippen LogP contribution is -2.28. The molecule has 2 rings (SSSR count). The number of nitrogens with one attached hydrogen (secondary N) is 1. The van der Waals surface area contributed by atoms with Gasteiger partial charge in [-0.1, -0.05) is 17.1 Å². The molecule has 1 aromatic carbocycles. The third kappa shape index (κ3) is 2.90. The van der Waals surface area contributed by atoms with Gasteiger partial charge in [0.1, 0.15) is 0 Å². The number of carboxylic acids is 1. The summed E-state index contributed by atoms with van der Waals surface area (Å²) in [6.07, 6.45) is 4.26. The van der Waals surface area contributed by atoms with E-state index in [0.29, 0.717) is 11.3 Å². The monoisotopic (exact) mass is 258 g/mol. The van der Waals surface area contributed by atoms with Crippen LogP contribution >= 0.6 is 0 Å². The normalized spacial score (nSPS) is 17.0. The van der Waals surface area contributed by atoms with Gasteiger partial charge >= 0.3 is 5.97 Å². The highest BCUT2D eigenvalue weighted by Crippen LogP contribution is 2.15. The molecule has 0 radical (unpaired) electrons. The van der Waals surface area contributed by atoms with Gasteiger partial charge in [0.15, 0.2) is 5.71 Å². The van der Waals surface area contributed by atoms with Crippen LogP contribution in [-0.2, 0) is 14.4 Å². The molecule has 1 atom stereocenters. The number of oxime groups is 1. The number of hydrogen-bond donors (Lipinski definition) is 2. The van der Waals surface area contributed by atoms with Crippen LogP contribution in [0, 0.1) is 12.3 Å². The summed E-state index contributed by atoms with van der Waals surface area (Å²) >= 11 is 0. The molecular formula is C13H10N2O4. The first-order valence-corrected chi connectivity index (χ1v) is 5.43. The van der Waals surface area contributed by atoms with Crippen molar-refractivity contribution in [2.24, 2.45) is 5.16 Å². The van der Waals surface area contributed by atoms with E-state index < -0.39 is 18.0 Å². The molecule has 2 N–H and O–H groups in total. The van der Waals surface area contributed by atoms with Crippen molar-refractivity contribution >= 4 is 23.3 Å². The second-order valence-electron chi connectivity index (χ2n) is 3.86. The molecule has 1 heterocycles. The van der Waals surface area contributed by atoms with Crippen LogP contribution in [0.2, 0.25) is 0 Å². The fraction of sp³-hybridized carbons (Fsp3) is 0.154. The predicted octanol–water partition coefficient (Wildman–Crippen LogP) is 0.836. The molecule has 1 amide bonds. The molecule has 19 heavy (non-hydrogen) atoms. The summed E-state index contributed by atoms with van der Waals surface area (Å²) in [4.78, 5) is 27.2. The number of aliphatic carboxylic acids is 1. The number of carbonyl (C=O) groups is 2. The molecular weight excluding hydrogens is 248 g/mol. The van der Waals surface area contributed by atoms with E-state index in [9.17, 15) is 9.59 Å². The van der Waals surface area contributed by atoms with Crippen molar-refractivity contribution in [2.75, 3.05) is 5.32 Å². The van der Waals surface area contributed by atoms with Crippen LogP contribution in [0.1, 0.15) is 12.0 Å². The summed E-state index contributed by atoms with van der Waals surface area (Å²) in [5.74, 6) is 0.795. The average molecular weight is 258 g/mol. The summed E-state index contributed by atoms with van der Waals surface area (Å²) in [6, 6.07) is 6.74. The maximum Gasteiger partial charge on any atom is 0.353 e. The van der Waals surface area contributed by atoms with Crippen LogP contribution in [0.15, 0.2) is 29.4 Å². The highest BCUT2D eigenvalue weighted by molar-refractivity contribution is 6.36. The van der Waals surface area contributed by atoms with E-state index in [0.717, 1.165) is 0 Å². The number of hydrogen-bond acceptors (Lipinski definition) is 4. The zero-order chi connectivity index (χ0) is 13.8. The van der Waals surface area contributed by atoms with E-state index in [1.807, 2.05) is 0 Å². The number of rotatable bonds is 3. The first-order valence-electron chi connectivity index (χ1n) is 5.43. The maximum atomic E-state index is 11.8. The Bertz CT molecular complexity index is 601. The van der Waals surface area contributed by atoms with Gasteiger partial charge in [-0.3, -0.25) is 4.79 Å². The lowest BCUT2D eigenvalue weighted by atomic mass is 10.1. The quantitative estimate of drug-likeness (QED) is 0.786. The zero-order valence-electron chi connectivity index (χ0n) is 9.79. The van der Waals surface area contributed by atoms with Gasteiger partial charge in [0.05, 0.1) is 0 Å². The smallest absolute Gasteiger partial charge is 0.353 e. The second-order valence-corrected chi connectivity index (χ2v) is 3.86. The molecule has 0 fully saturated rings. The van der Waals surface area contributed by atoms with Crippen molar-refractivity contribution in [3.63, 3.8) is 0 Å². The van der Waals surface area contributed by atoms with Crippen LogP contribution in [0.25, 0.3) is 0 Å². The van der Waals surface area contributed by atoms with Gasteiger partial charge in [-0.15, -0.1) is 6.42 Å². The standard InChI is InChI=1S/C13H10N2O4/c1-2-8-4-3-5-9(6-8)14-12(16)11-7-10(13(17)18)15-19-11/h1,3-6,11H,7H2,(H,14,16)(H,17,18). The minimum Gasteiger partial charge on any atom is -0.477 e. The summed E-state index contributed by atoms with van der Waals surface area (Å²) in [7, 11) is 0. The lowest BCUT2D eigenvalue weighted by molar-refractivity contribution is -0.129. The number of carbonyl (C=O) groups excluding carboxylic acids is 1. The summed E-state index contributed by atoms with van der Waals surface area (Å²) in [5.41, 5.74) is 0.984. The van der Waals surface area contributed by atoms with Crippen molar-refractivity contribution in [3.8, 4) is 12.3 Å². The van der Waals surface area contributed by atoms with Gasteiger partial charge in [0.2, 0.25) is 6.10 Å². The number of benzene rings is 1. The molecule has 96 valence electrons. The molecule has 0 spiro atoms. The van der Waals surface area contributed by atoms with E-state index >= 15 is 0 Å². The Morgan fingerprint density at radius 3 is 2.95 bits per heavy atom. The number of amides is 1. The Morgan fingerprint density at radius 2 is 2.32 bits per heavy atom. The van der Waals surface area contributed by atoms with E-state index in [1.165, 1.54) is 0 Å². The topological polar surface area (TPSA) is 88.0 Å². The molecule has 0 saturated heterocycles. The highest BCUT2D eigenvalue weighted by Gasteiger charge is 2.31. The van der Waals surface area contributed by atoms with Crippen LogP contribution in [0.4, 0.5) is 5.69 Å². The minimum atomic E-state index is -1.19. The molecule has 6 nitrogen and oxygen atoms in total. The maximum absolute atomic E-state index is 11.8. The Morgan fingerprint density at radius 1 is 1.53 bits per heavy atom. The van der Waals surface area contributed by atoms with Crippen LogP contribution < -0.4 is 5.32 Å². The number of carboxylic acid groups (broad SMARTS) is 1. The highest BCUT2D eigenvalue weighted by atomic mass is 16.6. The van der Waals surface area contributed by atoms with Gasteiger partial charge < -0.3 is 15.3 Å². The largest absolute Gasteiger partial charge is 0.477 e. The molecule has 0 saturated carbocycles. The molecule has 0 aliphatic carbocycles. The van der Waals surface area contributed by atoms with Gasteiger partial charge in [0.25, 0.3) is 5.91 Å². The third-order valence-electron chi connectivity index (χ3n) is 2.50. The predicted molar refractivity (Wildman–Crippen MR) is 67.6 cm³/mol. The van der Waals surface area contributed by atoms with Crippen LogP contribution in [-0.4, -0.2) is 28.8 Å². The Kier molecular flexibility index (Phi) is 3.48. The lowest BCUT2D eigenvalue weighted by Gasteiger charge is -2.09. The fourth-order valence-corrected chi connectivity index (χ4v) is 1.55. The molecule has 6 heteroatoms. The molecule has 1 aliphatic heterocycles. The molecule has 1 aliphatic rings. The van der Waals surface area contributed by atoms with Crippen LogP contribution in [0.5, 0.6) is 0 Å². The van der Waals surface area contributed by atoms with Crippen molar-refractivity contribution in [1.29, 1.82) is 0 Å². The van der Waals surface area contributed by atoms with E-state index in [4.69, 9.17) is 16.4 Å². The van der Waals surface area contributed by atoms with Crippen LogP contribution in [0.3, 0.4) is 0 Å². The molecule has 0 aromatic heterocycles. The third-order valence-corrected chi connectivity index (χ3v) is 2.50. The number of anilines is 1. The van der Waals surface area contributed by atoms with E-state index in [1.54, 1.807) is 24.3 Å². The number of nitrogens with zero attached hydrogens (tertiary/aromatic N) is 1. The van der Waals surface area contributed by atoms with Crippen molar-refractivity contribution < 1.29 is 19.5 Å². The van der Waals surface area contributed by atoms with Crippen molar-refractivity contribution in [3.05, 3.63) is 29.8 Å². The zero-order valence-corrected chi connectivity index (χ0v) is 9.79. The summed E-state index contributed by atoms with van der Waals surface area (Å²) < 4.78 is 0. The van der Waals surface area contributed by atoms with Crippen molar-refractivity contribution in [1.82, 2.24) is 0 Å². The first kappa shape index (κ1) is 12.6. The van der Waals surface area contributed by atoms with E-state index in [2.05, 4.69) is 16.4 Å². The Balaban J connectivity index is 1.99. The van der Waals surface area contributed by atoms with Gasteiger partial charge in [0, 0.05) is 17.7 Å². The molecule has 0 bridgehead atoms. The number of terminal acetylenes is 1. The Labute approximate surface area is 109 Å². The van der Waals surface area contributed by atoms with E-state index in [-0.39, 0.29) is 12.1 Å². The van der Waals surface area contributed by atoms with Crippen molar-refractivity contribution in [2.45, 2.75) is 12.5 Å². The summed E-state index contributed by atoms with van der Waals surface area (Å²) in [6.45, 7) is 0. The van der Waals surface area contributed by atoms with Gasteiger partial charge in [-0.2, -0.15) is 0 Å². The van der Waals surface area contributed by atoms with Gasteiger partial charge in [-0.05, 0) is 18.2 Å². The second kappa shape index (κ2) is 5.23. The average Bonchev–Trinajstić information content (AvgIpc) is 2.89. The minimum absolute atomic E-state index is 0.0595. The fourth-order valence-electron chi connectivity index (χ4n) is 1.55. The SMILES string of the molecule is C#Cc1cccc(NC(=O)C2CC(C(=O)O)=NO2)c1. The first-order chi connectivity index (χ1) is 9.10. The molecule has 1 unspecified atom stereocenters. The molecule has 1 aromatic rings.